The number of aldehydes is 2. The highest BCUT2D eigenvalue weighted by Crippen LogP contribution is 2.61. The van der Waals surface area contributed by atoms with E-state index < -0.39 is 65.8 Å². The molecule has 0 spiro atoms. The van der Waals surface area contributed by atoms with Gasteiger partial charge in [0.05, 0.1) is 12.7 Å². The lowest BCUT2D eigenvalue weighted by molar-refractivity contribution is -0.320. The van der Waals surface area contributed by atoms with E-state index in [0.29, 0.717) is 19.0 Å². The van der Waals surface area contributed by atoms with Gasteiger partial charge >= 0.3 is 0 Å². The van der Waals surface area contributed by atoms with Crippen molar-refractivity contribution < 1.29 is 44.6 Å². The lowest BCUT2D eigenvalue weighted by Crippen LogP contribution is -2.66. The van der Waals surface area contributed by atoms with Crippen LogP contribution in [0.2, 0.25) is 0 Å². The number of hydrogen-bond donors (Lipinski definition) is 5. The molecule has 1 heterocycles. The Balaban J connectivity index is 2.03. The third-order valence-corrected chi connectivity index (χ3v) is 7.47. The van der Waals surface area contributed by atoms with Gasteiger partial charge in [-0.15, -0.1) is 0 Å². The van der Waals surface area contributed by atoms with E-state index in [1.807, 2.05) is 13.8 Å². The van der Waals surface area contributed by atoms with Crippen LogP contribution in [0.5, 0.6) is 0 Å². The maximum atomic E-state index is 12.0. The summed E-state index contributed by atoms with van der Waals surface area (Å²) in [6, 6.07) is 0. The zero-order valence-corrected chi connectivity index (χ0v) is 17.5. The monoisotopic (exact) mass is 428 g/mol. The number of rotatable bonds is 5. The molecule has 5 N–H and O–H groups in total. The average Bonchev–Trinajstić information content (AvgIpc) is 2.69. The summed E-state index contributed by atoms with van der Waals surface area (Å²) in [4.78, 5) is 23.8. The molecule has 30 heavy (non-hydrogen) atoms. The smallest absolute Gasteiger partial charge is 0.187 e. The summed E-state index contributed by atoms with van der Waals surface area (Å²) in [5, 5.41) is 51.1. The Morgan fingerprint density at radius 2 is 1.80 bits per heavy atom. The predicted octanol–water partition coefficient (Wildman–Crippen LogP) is -0.927. The van der Waals surface area contributed by atoms with Gasteiger partial charge in [0.15, 0.2) is 18.2 Å². The Labute approximate surface area is 175 Å². The second-order valence-electron chi connectivity index (χ2n) is 9.66. The first-order chi connectivity index (χ1) is 14.0. The SMILES string of the molecule is CC1(C)CCC[C@@]2(C)[C@H]1[C@H](O[C@@H]1O[C@H](CO)[C@@H](O)[C@H](O)[C@H]1O)C=C(C=O)[C@]2(O)C=O. The molecule has 9 heteroatoms. The van der Waals surface area contributed by atoms with E-state index in [4.69, 9.17) is 9.47 Å². The third-order valence-electron chi connectivity index (χ3n) is 7.47. The van der Waals surface area contributed by atoms with Crippen molar-refractivity contribution in [1.82, 2.24) is 0 Å². The lowest BCUT2D eigenvalue weighted by atomic mass is 9.46. The number of ether oxygens (including phenoxy) is 2. The van der Waals surface area contributed by atoms with Gasteiger partial charge < -0.3 is 35.0 Å². The van der Waals surface area contributed by atoms with Gasteiger partial charge in [-0.1, -0.05) is 27.2 Å². The second-order valence-corrected chi connectivity index (χ2v) is 9.66. The molecule has 0 unspecified atom stereocenters. The largest absolute Gasteiger partial charge is 0.394 e. The molecule has 1 saturated carbocycles. The number of aliphatic hydroxyl groups is 5. The van der Waals surface area contributed by atoms with Crippen LogP contribution < -0.4 is 0 Å². The first kappa shape index (κ1) is 23.5. The molecular formula is C21H32O9. The van der Waals surface area contributed by atoms with Crippen molar-refractivity contribution in [2.24, 2.45) is 16.7 Å². The number of carbonyl (C=O) groups is 2. The molecule has 170 valence electrons. The van der Waals surface area contributed by atoms with E-state index in [9.17, 15) is 35.1 Å². The Hall–Kier alpha value is -1.20. The molecule has 0 radical (unpaired) electrons. The van der Waals surface area contributed by atoms with Crippen LogP contribution in [0.3, 0.4) is 0 Å². The van der Waals surface area contributed by atoms with Gasteiger partial charge in [0.25, 0.3) is 0 Å². The number of aliphatic hydroxyl groups excluding tert-OH is 4. The van der Waals surface area contributed by atoms with Gasteiger partial charge in [-0.3, -0.25) is 9.59 Å². The molecule has 3 aliphatic rings. The minimum absolute atomic E-state index is 0.122. The third kappa shape index (κ3) is 3.37. The summed E-state index contributed by atoms with van der Waals surface area (Å²) in [5.41, 5.74) is -3.51. The van der Waals surface area contributed by atoms with Crippen molar-refractivity contribution in [2.45, 2.75) is 82.4 Å². The van der Waals surface area contributed by atoms with Crippen LogP contribution in [0.15, 0.2) is 11.6 Å². The van der Waals surface area contributed by atoms with Crippen molar-refractivity contribution >= 4 is 12.6 Å². The standard InChI is InChI=1S/C21H32O9/c1-19(2)5-4-6-20(3)17(19)12(7-11(8-22)21(20,28)10-24)29-18-16(27)15(26)14(25)13(9-23)30-18/h7-8,10,12-18,23,25-28H,4-6,9H2,1-3H3/t12-,13-,14-,15+,16-,17+,18-,20+,21-/m1/s1. The quantitative estimate of drug-likeness (QED) is 0.350. The normalized spacial score (nSPS) is 48.4. The zero-order chi connectivity index (χ0) is 22.5. The van der Waals surface area contributed by atoms with Gasteiger partial charge in [0, 0.05) is 16.9 Å². The van der Waals surface area contributed by atoms with Gasteiger partial charge in [-0.2, -0.15) is 0 Å². The van der Waals surface area contributed by atoms with E-state index in [1.165, 1.54) is 6.08 Å². The van der Waals surface area contributed by atoms with Crippen LogP contribution in [-0.2, 0) is 19.1 Å². The molecule has 2 aliphatic carbocycles. The Bertz CT molecular complexity index is 705. The molecular weight excluding hydrogens is 396 g/mol. The maximum Gasteiger partial charge on any atom is 0.187 e. The number of carbonyl (C=O) groups excluding carboxylic acids is 2. The van der Waals surface area contributed by atoms with Crippen molar-refractivity contribution in [1.29, 1.82) is 0 Å². The van der Waals surface area contributed by atoms with Gasteiger partial charge in [-0.25, -0.2) is 0 Å². The average molecular weight is 428 g/mol. The molecule has 9 atom stereocenters. The van der Waals surface area contributed by atoms with Crippen molar-refractivity contribution in [3.05, 3.63) is 11.6 Å². The number of fused-ring (bicyclic) bond motifs is 1. The summed E-state index contributed by atoms with van der Waals surface area (Å²) in [7, 11) is 0. The minimum Gasteiger partial charge on any atom is -0.394 e. The second kappa shape index (κ2) is 8.05. The maximum absolute atomic E-state index is 12.0. The lowest BCUT2D eigenvalue weighted by Gasteiger charge is -2.60. The Kier molecular flexibility index (Phi) is 6.30. The minimum atomic E-state index is -1.98. The molecule has 1 aliphatic heterocycles. The van der Waals surface area contributed by atoms with Crippen LogP contribution in [0.1, 0.15) is 40.0 Å². The van der Waals surface area contributed by atoms with Crippen molar-refractivity contribution in [3.63, 3.8) is 0 Å². The van der Waals surface area contributed by atoms with Crippen LogP contribution in [0.25, 0.3) is 0 Å². The van der Waals surface area contributed by atoms with E-state index in [0.717, 1.165) is 12.8 Å². The molecule has 0 aromatic heterocycles. The molecule has 3 rings (SSSR count). The van der Waals surface area contributed by atoms with E-state index >= 15 is 0 Å². The first-order valence-electron chi connectivity index (χ1n) is 10.3. The topological polar surface area (TPSA) is 154 Å². The molecule has 0 bridgehead atoms. The molecule has 1 saturated heterocycles. The molecule has 9 nitrogen and oxygen atoms in total. The van der Waals surface area contributed by atoms with Crippen molar-refractivity contribution in [2.75, 3.05) is 6.61 Å². The van der Waals surface area contributed by atoms with Gasteiger partial charge in [0.1, 0.15) is 30.7 Å². The Morgan fingerprint density at radius 3 is 2.37 bits per heavy atom. The highest BCUT2D eigenvalue weighted by Gasteiger charge is 2.64. The molecule has 0 aromatic rings. The van der Waals surface area contributed by atoms with Crippen molar-refractivity contribution in [3.8, 4) is 0 Å². The van der Waals surface area contributed by atoms with E-state index in [2.05, 4.69) is 0 Å². The fraction of sp³-hybridized carbons (Fsp3) is 0.810. The summed E-state index contributed by atoms with van der Waals surface area (Å²) < 4.78 is 11.5. The van der Waals surface area contributed by atoms with Gasteiger partial charge in [-0.05, 0) is 24.3 Å². The van der Waals surface area contributed by atoms with E-state index in [-0.39, 0.29) is 5.57 Å². The zero-order valence-electron chi connectivity index (χ0n) is 17.5. The summed E-state index contributed by atoms with van der Waals surface area (Å²) in [6.45, 7) is 5.14. The van der Waals surface area contributed by atoms with Crippen LogP contribution in [0.4, 0.5) is 0 Å². The molecule has 0 aromatic carbocycles. The molecule has 0 amide bonds. The summed E-state index contributed by atoms with van der Waals surface area (Å²) in [6.07, 6.45) is -3.83. The van der Waals surface area contributed by atoms with Crippen LogP contribution in [0, 0.1) is 16.7 Å². The highest BCUT2D eigenvalue weighted by molar-refractivity contribution is 5.88. The fourth-order valence-corrected chi connectivity index (χ4v) is 5.83. The highest BCUT2D eigenvalue weighted by atomic mass is 16.7. The van der Waals surface area contributed by atoms with Crippen LogP contribution >= 0.6 is 0 Å². The Morgan fingerprint density at radius 1 is 1.13 bits per heavy atom. The number of hydrogen-bond acceptors (Lipinski definition) is 9. The first-order valence-corrected chi connectivity index (χ1v) is 10.3. The summed E-state index contributed by atoms with van der Waals surface area (Å²) in [5.74, 6) is -0.426. The van der Waals surface area contributed by atoms with E-state index in [1.54, 1.807) is 6.92 Å². The van der Waals surface area contributed by atoms with Gasteiger partial charge in [0.2, 0.25) is 0 Å². The fourth-order valence-electron chi connectivity index (χ4n) is 5.83. The predicted molar refractivity (Wildman–Crippen MR) is 103 cm³/mol. The molecule has 2 fully saturated rings. The van der Waals surface area contributed by atoms with Crippen LogP contribution in [-0.4, -0.2) is 87.1 Å². The summed E-state index contributed by atoms with van der Waals surface area (Å²) >= 11 is 0.